The van der Waals surface area contributed by atoms with Gasteiger partial charge in [-0.1, -0.05) is 15.9 Å². The third-order valence-electron chi connectivity index (χ3n) is 3.49. The number of nitrogens with zero attached hydrogens (tertiary/aromatic N) is 1. The Kier molecular flexibility index (Phi) is 5.81. The first-order valence-electron chi connectivity index (χ1n) is 6.94. The van der Waals surface area contributed by atoms with Crippen molar-refractivity contribution in [1.82, 2.24) is 4.90 Å². The molecule has 0 unspecified atom stereocenters. The first kappa shape index (κ1) is 16.5. The van der Waals surface area contributed by atoms with Crippen molar-refractivity contribution in [2.45, 2.75) is 19.8 Å². The lowest BCUT2D eigenvalue weighted by Crippen LogP contribution is -2.42. The molecule has 2 rings (SSSR count). The van der Waals surface area contributed by atoms with Crippen molar-refractivity contribution < 1.29 is 14.3 Å². The maximum Gasteiger partial charge on any atom is 0.310 e. The summed E-state index contributed by atoms with van der Waals surface area (Å²) in [4.78, 5) is 26.2. The van der Waals surface area contributed by atoms with E-state index in [0.29, 0.717) is 25.3 Å². The summed E-state index contributed by atoms with van der Waals surface area (Å²) in [5.41, 5.74) is 0.614. The summed E-state index contributed by atoms with van der Waals surface area (Å²) < 4.78 is 6.72. The number of hydrogen-bond donors (Lipinski definition) is 0. The zero-order chi connectivity index (χ0) is 15.4. The fourth-order valence-electron chi connectivity index (χ4n) is 2.45. The van der Waals surface area contributed by atoms with Gasteiger partial charge in [0.25, 0.3) is 5.91 Å². The molecule has 114 valence electrons. The first-order chi connectivity index (χ1) is 10.0. The van der Waals surface area contributed by atoms with Crippen LogP contribution in [0.25, 0.3) is 0 Å². The van der Waals surface area contributed by atoms with Crippen molar-refractivity contribution in [3.05, 3.63) is 32.7 Å². The topological polar surface area (TPSA) is 46.6 Å². The fourth-order valence-corrected chi connectivity index (χ4v) is 3.66. The standard InChI is InChI=1S/C15H17Br2NO3/c1-2-21-15(20)10-4-3-7-18(9-10)14(19)12-6-5-11(16)8-13(12)17/h5-6,8,10H,2-4,7,9H2,1H3/t10-/m1/s1. The smallest absolute Gasteiger partial charge is 0.310 e. The Morgan fingerprint density at radius 3 is 2.81 bits per heavy atom. The normalized spacial score (nSPS) is 18.4. The number of esters is 1. The molecule has 1 heterocycles. The zero-order valence-electron chi connectivity index (χ0n) is 11.8. The van der Waals surface area contributed by atoms with Crippen LogP contribution in [-0.2, 0) is 9.53 Å². The highest BCUT2D eigenvalue weighted by Gasteiger charge is 2.30. The lowest BCUT2D eigenvalue weighted by atomic mass is 9.97. The lowest BCUT2D eigenvalue weighted by Gasteiger charge is -2.31. The molecule has 1 aliphatic heterocycles. The van der Waals surface area contributed by atoms with Crippen LogP contribution in [0.15, 0.2) is 27.1 Å². The molecule has 1 amide bonds. The maximum atomic E-state index is 12.6. The van der Waals surface area contributed by atoms with E-state index in [1.54, 1.807) is 17.9 Å². The van der Waals surface area contributed by atoms with E-state index in [0.717, 1.165) is 21.8 Å². The molecule has 0 radical (unpaired) electrons. The van der Waals surface area contributed by atoms with Crippen molar-refractivity contribution >= 4 is 43.7 Å². The minimum Gasteiger partial charge on any atom is -0.466 e. The SMILES string of the molecule is CCOC(=O)[C@@H]1CCCN(C(=O)c2ccc(Br)cc2Br)C1. The zero-order valence-corrected chi connectivity index (χ0v) is 14.9. The summed E-state index contributed by atoms with van der Waals surface area (Å²) >= 11 is 6.79. The average molecular weight is 419 g/mol. The molecule has 1 atom stereocenters. The molecule has 4 nitrogen and oxygen atoms in total. The molecule has 0 aliphatic carbocycles. The van der Waals surface area contributed by atoms with E-state index in [4.69, 9.17) is 4.74 Å². The molecule has 21 heavy (non-hydrogen) atoms. The molecule has 6 heteroatoms. The van der Waals surface area contributed by atoms with Crippen molar-refractivity contribution in [3.8, 4) is 0 Å². The second kappa shape index (κ2) is 7.40. The highest BCUT2D eigenvalue weighted by Crippen LogP contribution is 2.25. The predicted molar refractivity (Wildman–Crippen MR) is 87.1 cm³/mol. The van der Waals surface area contributed by atoms with Gasteiger partial charge in [0.1, 0.15) is 0 Å². The van der Waals surface area contributed by atoms with Crippen LogP contribution in [0.5, 0.6) is 0 Å². The van der Waals surface area contributed by atoms with Gasteiger partial charge in [-0.25, -0.2) is 0 Å². The van der Waals surface area contributed by atoms with Crippen LogP contribution in [0, 0.1) is 5.92 Å². The number of piperidine rings is 1. The van der Waals surface area contributed by atoms with Gasteiger partial charge < -0.3 is 9.64 Å². The summed E-state index contributed by atoms with van der Waals surface area (Å²) in [6.07, 6.45) is 1.60. The number of carbonyl (C=O) groups is 2. The molecule has 0 N–H and O–H groups in total. The van der Waals surface area contributed by atoms with Crippen LogP contribution in [-0.4, -0.2) is 36.5 Å². The monoisotopic (exact) mass is 417 g/mol. The largest absolute Gasteiger partial charge is 0.466 e. The van der Waals surface area contributed by atoms with E-state index in [9.17, 15) is 9.59 Å². The molecule has 0 spiro atoms. The molecule has 1 aromatic rings. The number of benzene rings is 1. The highest BCUT2D eigenvalue weighted by atomic mass is 79.9. The van der Waals surface area contributed by atoms with Crippen LogP contribution >= 0.6 is 31.9 Å². The van der Waals surface area contributed by atoms with E-state index < -0.39 is 0 Å². The number of likely N-dealkylation sites (tertiary alicyclic amines) is 1. The van der Waals surface area contributed by atoms with E-state index in [1.165, 1.54) is 0 Å². The molecular formula is C15H17Br2NO3. The van der Waals surface area contributed by atoms with E-state index in [1.807, 2.05) is 12.1 Å². The maximum absolute atomic E-state index is 12.6. The quantitative estimate of drug-likeness (QED) is 0.704. The van der Waals surface area contributed by atoms with Crippen molar-refractivity contribution in [2.24, 2.45) is 5.92 Å². The van der Waals surface area contributed by atoms with Crippen LogP contribution in [0.4, 0.5) is 0 Å². The number of amides is 1. The van der Waals surface area contributed by atoms with Crippen LogP contribution in [0.1, 0.15) is 30.1 Å². The van der Waals surface area contributed by atoms with Crippen LogP contribution in [0.3, 0.4) is 0 Å². The van der Waals surface area contributed by atoms with E-state index in [-0.39, 0.29) is 17.8 Å². The van der Waals surface area contributed by atoms with Gasteiger partial charge in [-0.15, -0.1) is 0 Å². The molecule has 0 aromatic heterocycles. The number of ether oxygens (including phenoxy) is 1. The molecule has 1 aliphatic rings. The van der Waals surface area contributed by atoms with Crippen molar-refractivity contribution in [3.63, 3.8) is 0 Å². The van der Waals surface area contributed by atoms with Gasteiger partial charge in [0.2, 0.25) is 0 Å². The van der Waals surface area contributed by atoms with Crippen LogP contribution in [0.2, 0.25) is 0 Å². The Balaban J connectivity index is 2.10. The van der Waals surface area contributed by atoms with Gasteiger partial charge in [0.05, 0.1) is 18.1 Å². The molecule has 0 bridgehead atoms. The second-order valence-corrected chi connectivity index (χ2v) is 6.74. The third-order valence-corrected chi connectivity index (χ3v) is 4.64. The molecule has 1 saturated heterocycles. The minimum atomic E-state index is -0.211. The molecule has 0 saturated carbocycles. The summed E-state index contributed by atoms with van der Waals surface area (Å²) in [5, 5.41) is 0. The van der Waals surface area contributed by atoms with Gasteiger partial charge >= 0.3 is 5.97 Å². The van der Waals surface area contributed by atoms with Gasteiger partial charge in [-0.05, 0) is 53.9 Å². The first-order valence-corrected chi connectivity index (χ1v) is 8.52. The van der Waals surface area contributed by atoms with Gasteiger partial charge in [-0.2, -0.15) is 0 Å². The summed E-state index contributed by atoms with van der Waals surface area (Å²) in [5.74, 6) is -0.467. The number of carbonyl (C=O) groups excluding carboxylic acids is 2. The van der Waals surface area contributed by atoms with E-state index in [2.05, 4.69) is 31.9 Å². The number of rotatable bonds is 3. The summed E-state index contributed by atoms with van der Waals surface area (Å²) in [6.45, 7) is 3.28. The Hall–Kier alpha value is -0.880. The summed E-state index contributed by atoms with van der Waals surface area (Å²) in [6, 6.07) is 5.47. The summed E-state index contributed by atoms with van der Waals surface area (Å²) in [7, 11) is 0. The Bertz CT molecular complexity index is 548. The van der Waals surface area contributed by atoms with Crippen molar-refractivity contribution in [1.29, 1.82) is 0 Å². The Labute approximate surface area is 141 Å². The predicted octanol–water partition coefficient (Wildman–Crippen LogP) is 3.63. The minimum absolute atomic E-state index is 0.0524. The second-order valence-electron chi connectivity index (χ2n) is 4.97. The van der Waals surface area contributed by atoms with Gasteiger partial charge in [-0.3, -0.25) is 9.59 Å². The highest BCUT2D eigenvalue weighted by molar-refractivity contribution is 9.11. The molecular weight excluding hydrogens is 402 g/mol. The van der Waals surface area contributed by atoms with E-state index >= 15 is 0 Å². The Morgan fingerprint density at radius 2 is 2.14 bits per heavy atom. The average Bonchev–Trinajstić information content (AvgIpc) is 2.47. The third kappa shape index (κ3) is 4.07. The lowest BCUT2D eigenvalue weighted by molar-refractivity contribution is -0.149. The fraction of sp³-hybridized carbons (Fsp3) is 0.467. The van der Waals surface area contributed by atoms with Gasteiger partial charge in [0.15, 0.2) is 0 Å². The molecule has 1 fully saturated rings. The number of hydrogen-bond acceptors (Lipinski definition) is 3. The van der Waals surface area contributed by atoms with Crippen LogP contribution < -0.4 is 0 Å². The Morgan fingerprint density at radius 1 is 1.38 bits per heavy atom. The van der Waals surface area contributed by atoms with Crippen molar-refractivity contribution in [2.75, 3.05) is 19.7 Å². The number of halogens is 2. The van der Waals surface area contributed by atoms with Gasteiger partial charge in [0, 0.05) is 22.0 Å². The molecule has 1 aromatic carbocycles.